The van der Waals surface area contributed by atoms with Gasteiger partial charge in [-0.05, 0) is 0 Å². The average Bonchev–Trinajstić information content (AvgIpc) is 2.03. The van der Waals surface area contributed by atoms with Gasteiger partial charge in [-0.25, -0.2) is 0 Å². The lowest BCUT2D eigenvalue weighted by Gasteiger charge is -2.07. The molecule has 1 aromatic heterocycles. The van der Waals surface area contributed by atoms with Crippen molar-refractivity contribution in [3.05, 3.63) is 35.3 Å². The van der Waals surface area contributed by atoms with E-state index < -0.39 is 0 Å². The zero-order valence-corrected chi connectivity index (χ0v) is 6.97. The third kappa shape index (κ3) is 2.48. The molecule has 1 aromatic rings. The minimum atomic E-state index is 0.465. The van der Waals surface area contributed by atoms with E-state index in [0.29, 0.717) is 18.7 Å². The number of hydroxylamine groups is 2. The van der Waals surface area contributed by atoms with E-state index >= 15 is 0 Å². The van der Waals surface area contributed by atoms with Gasteiger partial charge in [0.05, 0.1) is 0 Å². The molecule has 1 rings (SSSR count). The minimum Gasteiger partial charge on any atom is -0.619 e. The van der Waals surface area contributed by atoms with E-state index in [1.807, 2.05) is 0 Å². The van der Waals surface area contributed by atoms with Crippen LogP contribution in [0.25, 0.3) is 0 Å². The second kappa shape index (κ2) is 4.04. The fraction of sp³-hybridized carbons (Fsp3) is 0.375. The van der Waals surface area contributed by atoms with E-state index in [1.165, 1.54) is 6.20 Å². The standard InChI is InChI=1S/C8H12N2O2/c1-9(11)7-5-8-4-2-3-6-10(8)12/h2-4,6,11H,5,7H2,1H3. The van der Waals surface area contributed by atoms with Gasteiger partial charge in [-0.15, -0.1) is 0 Å². The summed E-state index contributed by atoms with van der Waals surface area (Å²) in [7, 11) is 1.55. The van der Waals surface area contributed by atoms with Gasteiger partial charge < -0.3 is 10.4 Å². The summed E-state index contributed by atoms with van der Waals surface area (Å²) in [5, 5.41) is 20.9. The Morgan fingerprint density at radius 1 is 1.58 bits per heavy atom. The Labute approximate surface area is 71.2 Å². The van der Waals surface area contributed by atoms with E-state index in [-0.39, 0.29) is 0 Å². The number of hydrogen-bond donors (Lipinski definition) is 1. The zero-order chi connectivity index (χ0) is 8.97. The van der Waals surface area contributed by atoms with Crippen LogP contribution in [0, 0.1) is 5.21 Å². The van der Waals surface area contributed by atoms with Crippen molar-refractivity contribution in [3.8, 4) is 0 Å². The molecule has 1 N–H and O–H groups in total. The highest BCUT2D eigenvalue weighted by Crippen LogP contribution is 1.92. The molecule has 0 atom stereocenters. The van der Waals surface area contributed by atoms with Crippen molar-refractivity contribution >= 4 is 0 Å². The molecule has 0 aliphatic carbocycles. The van der Waals surface area contributed by atoms with Crippen LogP contribution in [0.5, 0.6) is 0 Å². The maximum atomic E-state index is 11.0. The predicted molar refractivity (Wildman–Crippen MR) is 43.5 cm³/mol. The summed E-state index contributed by atoms with van der Waals surface area (Å²) < 4.78 is 0.809. The lowest BCUT2D eigenvalue weighted by molar-refractivity contribution is -0.614. The van der Waals surface area contributed by atoms with Crippen LogP contribution in [0.2, 0.25) is 0 Å². The normalized spacial score (nSPS) is 10.6. The second-order valence-electron chi connectivity index (χ2n) is 2.65. The van der Waals surface area contributed by atoms with Gasteiger partial charge in [0.25, 0.3) is 0 Å². The Bertz CT molecular complexity index is 251. The average molecular weight is 168 g/mol. The minimum absolute atomic E-state index is 0.465. The fourth-order valence-electron chi connectivity index (χ4n) is 0.934. The Morgan fingerprint density at radius 3 is 2.92 bits per heavy atom. The lowest BCUT2D eigenvalue weighted by atomic mass is 10.3. The first-order valence-corrected chi connectivity index (χ1v) is 3.77. The van der Waals surface area contributed by atoms with Crippen LogP contribution in [-0.2, 0) is 6.42 Å². The van der Waals surface area contributed by atoms with Crippen molar-refractivity contribution in [1.29, 1.82) is 0 Å². The smallest absolute Gasteiger partial charge is 0.194 e. The molecule has 0 amide bonds. The topological polar surface area (TPSA) is 50.4 Å². The number of hydrogen-bond acceptors (Lipinski definition) is 3. The van der Waals surface area contributed by atoms with Crippen LogP contribution in [0.3, 0.4) is 0 Å². The maximum Gasteiger partial charge on any atom is 0.194 e. The molecule has 0 aromatic carbocycles. The molecule has 0 aliphatic heterocycles. The Morgan fingerprint density at radius 2 is 2.33 bits per heavy atom. The van der Waals surface area contributed by atoms with Crippen LogP contribution < -0.4 is 4.73 Å². The molecule has 0 saturated carbocycles. The summed E-state index contributed by atoms with van der Waals surface area (Å²) in [5.74, 6) is 0. The van der Waals surface area contributed by atoms with Gasteiger partial charge in [-0.3, -0.25) is 0 Å². The Kier molecular flexibility index (Phi) is 3.01. The SMILES string of the molecule is CN(O)CCc1cccc[n+]1[O-]. The monoisotopic (exact) mass is 168 g/mol. The highest BCUT2D eigenvalue weighted by Gasteiger charge is 2.03. The third-order valence-corrected chi connectivity index (χ3v) is 1.60. The zero-order valence-electron chi connectivity index (χ0n) is 6.97. The highest BCUT2D eigenvalue weighted by molar-refractivity contribution is 4.97. The molecular formula is C8H12N2O2. The molecule has 0 fully saturated rings. The van der Waals surface area contributed by atoms with Crippen LogP contribution in [0.1, 0.15) is 5.69 Å². The molecule has 0 bridgehead atoms. The molecule has 0 radical (unpaired) electrons. The first-order valence-electron chi connectivity index (χ1n) is 3.77. The van der Waals surface area contributed by atoms with Gasteiger partial charge in [-0.1, -0.05) is 6.07 Å². The van der Waals surface area contributed by atoms with E-state index in [4.69, 9.17) is 5.21 Å². The largest absolute Gasteiger partial charge is 0.619 e. The van der Waals surface area contributed by atoms with Crippen molar-refractivity contribution in [3.63, 3.8) is 0 Å². The van der Waals surface area contributed by atoms with E-state index in [9.17, 15) is 5.21 Å². The molecule has 0 spiro atoms. The van der Waals surface area contributed by atoms with Gasteiger partial charge >= 0.3 is 0 Å². The predicted octanol–water partition coefficient (Wildman–Crippen LogP) is 0.184. The molecule has 0 aliphatic rings. The van der Waals surface area contributed by atoms with E-state index in [1.54, 1.807) is 25.2 Å². The molecule has 66 valence electrons. The summed E-state index contributed by atoms with van der Waals surface area (Å²) >= 11 is 0. The van der Waals surface area contributed by atoms with Crippen molar-refractivity contribution in [2.75, 3.05) is 13.6 Å². The van der Waals surface area contributed by atoms with Crippen molar-refractivity contribution in [2.24, 2.45) is 0 Å². The van der Waals surface area contributed by atoms with Gasteiger partial charge in [0.1, 0.15) is 0 Å². The number of likely N-dealkylation sites (N-methyl/N-ethyl adjacent to an activating group) is 1. The Balaban J connectivity index is 2.57. The van der Waals surface area contributed by atoms with E-state index in [0.717, 1.165) is 9.79 Å². The number of nitrogens with zero attached hydrogens (tertiary/aromatic N) is 2. The van der Waals surface area contributed by atoms with Crippen LogP contribution in [0.4, 0.5) is 0 Å². The summed E-state index contributed by atoms with van der Waals surface area (Å²) in [5.41, 5.74) is 0.665. The number of rotatable bonds is 3. The first-order chi connectivity index (χ1) is 5.70. The summed E-state index contributed by atoms with van der Waals surface area (Å²) in [6.07, 6.45) is 2.00. The first kappa shape index (κ1) is 8.96. The van der Waals surface area contributed by atoms with Crippen LogP contribution in [0.15, 0.2) is 24.4 Å². The van der Waals surface area contributed by atoms with Crippen molar-refractivity contribution in [1.82, 2.24) is 5.06 Å². The van der Waals surface area contributed by atoms with Gasteiger partial charge in [0.2, 0.25) is 0 Å². The molecule has 12 heavy (non-hydrogen) atoms. The van der Waals surface area contributed by atoms with Gasteiger partial charge in [-0.2, -0.15) is 9.79 Å². The molecule has 1 heterocycles. The molecule has 4 nitrogen and oxygen atoms in total. The summed E-state index contributed by atoms with van der Waals surface area (Å²) in [4.78, 5) is 0. The van der Waals surface area contributed by atoms with Crippen LogP contribution in [-0.4, -0.2) is 23.9 Å². The third-order valence-electron chi connectivity index (χ3n) is 1.60. The number of pyridine rings is 1. The molecule has 0 unspecified atom stereocenters. The summed E-state index contributed by atoms with van der Waals surface area (Å²) in [6.45, 7) is 0.465. The lowest BCUT2D eigenvalue weighted by Crippen LogP contribution is -2.32. The fourth-order valence-corrected chi connectivity index (χ4v) is 0.934. The molecule has 0 saturated heterocycles. The van der Waals surface area contributed by atoms with E-state index in [2.05, 4.69) is 0 Å². The number of aromatic nitrogens is 1. The van der Waals surface area contributed by atoms with Crippen LogP contribution >= 0.6 is 0 Å². The highest BCUT2D eigenvalue weighted by atomic mass is 16.5. The quantitative estimate of drug-likeness (QED) is 0.398. The Hall–Kier alpha value is -1.13. The molecular weight excluding hydrogens is 156 g/mol. The van der Waals surface area contributed by atoms with Crippen molar-refractivity contribution in [2.45, 2.75) is 6.42 Å². The second-order valence-corrected chi connectivity index (χ2v) is 2.65. The molecule has 4 heteroatoms. The van der Waals surface area contributed by atoms with Gasteiger partial charge in [0.15, 0.2) is 11.9 Å². The van der Waals surface area contributed by atoms with Crippen molar-refractivity contribution < 1.29 is 9.94 Å². The maximum absolute atomic E-state index is 11.0. The summed E-state index contributed by atoms with van der Waals surface area (Å²) in [6, 6.07) is 5.23. The van der Waals surface area contributed by atoms with Gasteiger partial charge in [0, 0.05) is 32.1 Å².